The van der Waals surface area contributed by atoms with Crippen LogP contribution >= 0.6 is 24.0 Å². The highest BCUT2D eigenvalue weighted by atomic mass is 127. The van der Waals surface area contributed by atoms with Crippen LogP contribution in [0.3, 0.4) is 0 Å². The van der Waals surface area contributed by atoms with Crippen LogP contribution in [0.2, 0.25) is 0 Å². The van der Waals surface area contributed by atoms with Crippen molar-refractivity contribution in [1.29, 1.82) is 0 Å². The molecule has 7 nitrogen and oxygen atoms in total. The van der Waals surface area contributed by atoms with E-state index in [2.05, 4.69) is 51.7 Å². The van der Waals surface area contributed by atoms with E-state index in [9.17, 15) is 8.42 Å². The van der Waals surface area contributed by atoms with E-state index in [1.807, 2.05) is 7.05 Å². The van der Waals surface area contributed by atoms with Crippen molar-refractivity contribution in [3.8, 4) is 0 Å². The second kappa shape index (κ2) is 11.5. The predicted octanol–water partition coefficient (Wildman–Crippen LogP) is 2.42. The van der Waals surface area contributed by atoms with Crippen molar-refractivity contribution in [2.75, 3.05) is 50.9 Å². The Bertz CT molecular complexity index is 792. The first kappa shape index (κ1) is 25.2. The molecule has 0 radical (unpaired) electrons. The van der Waals surface area contributed by atoms with E-state index in [4.69, 9.17) is 0 Å². The second-order valence-electron chi connectivity index (χ2n) is 8.32. The van der Waals surface area contributed by atoms with Crippen LogP contribution in [0.4, 0.5) is 5.69 Å². The monoisotopic (exact) mass is 549 g/mol. The average molecular weight is 550 g/mol. The minimum Gasteiger partial charge on any atom is -0.369 e. The maximum atomic E-state index is 11.6. The minimum absolute atomic E-state index is 0. The van der Waals surface area contributed by atoms with Crippen LogP contribution in [-0.2, 0) is 10.0 Å². The Kier molecular flexibility index (Phi) is 9.67. The molecule has 0 aliphatic carbocycles. The summed E-state index contributed by atoms with van der Waals surface area (Å²) < 4.78 is 24.9. The summed E-state index contributed by atoms with van der Waals surface area (Å²) >= 11 is 0. The highest BCUT2D eigenvalue weighted by Gasteiger charge is 2.25. The van der Waals surface area contributed by atoms with Crippen molar-refractivity contribution in [1.82, 2.24) is 14.9 Å². The second-order valence-corrected chi connectivity index (χ2v) is 10.3. The van der Waals surface area contributed by atoms with Crippen LogP contribution in [-0.4, -0.2) is 70.8 Å². The molecular weight excluding hydrogens is 513 g/mol. The summed E-state index contributed by atoms with van der Waals surface area (Å²) in [5.41, 5.74) is 2.56. The normalized spacial score (nSPS) is 21.8. The lowest BCUT2D eigenvalue weighted by molar-refractivity contribution is 0.274. The number of sulfonamides is 1. The molecule has 1 unspecified atom stereocenters. The van der Waals surface area contributed by atoms with E-state index in [0.717, 1.165) is 51.3 Å². The molecule has 1 atom stereocenters. The van der Waals surface area contributed by atoms with Crippen LogP contribution in [0, 0.1) is 12.8 Å². The van der Waals surface area contributed by atoms with Gasteiger partial charge in [0, 0.05) is 51.5 Å². The van der Waals surface area contributed by atoms with Gasteiger partial charge in [-0.3, -0.25) is 4.99 Å². The van der Waals surface area contributed by atoms with E-state index in [1.54, 1.807) is 4.31 Å². The molecule has 3 rings (SSSR count). The molecule has 0 aromatic heterocycles. The molecule has 0 bridgehead atoms. The van der Waals surface area contributed by atoms with Crippen LogP contribution in [0.25, 0.3) is 0 Å². The summed E-state index contributed by atoms with van der Waals surface area (Å²) in [7, 11) is -1.26. The molecule has 2 aliphatic heterocycles. The molecule has 170 valence electrons. The third kappa shape index (κ3) is 7.26. The Hall–Kier alpha value is -1.07. The molecule has 2 heterocycles. The van der Waals surface area contributed by atoms with Gasteiger partial charge in [0.2, 0.25) is 10.0 Å². The van der Waals surface area contributed by atoms with E-state index in [1.165, 1.54) is 17.5 Å². The number of hydrogen-bond acceptors (Lipinski definition) is 4. The molecular formula is C21H36IN5O2S. The largest absolute Gasteiger partial charge is 0.369 e. The summed E-state index contributed by atoms with van der Waals surface area (Å²) in [5, 5.41) is 7.03. The Morgan fingerprint density at radius 2 is 1.80 bits per heavy atom. The SMILES string of the molecule is CN=C(NCC1CCN(S(C)(=O)=O)CC1)NC1CCCN(c2ccc(C)cc2)C1.I. The number of aliphatic imine (C=N–C) groups is 1. The summed E-state index contributed by atoms with van der Waals surface area (Å²) in [6.07, 6.45) is 5.37. The van der Waals surface area contributed by atoms with Gasteiger partial charge in [-0.2, -0.15) is 0 Å². The molecule has 30 heavy (non-hydrogen) atoms. The number of aryl methyl sites for hydroxylation is 1. The quantitative estimate of drug-likeness (QED) is 0.335. The van der Waals surface area contributed by atoms with Crippen molar-refractivity contribution in [2.24, 2.45) is 10.9 Å². The summed E-state index contributed by atoms with van der Waals surface area (Å²) in [4.78, 5) is 6.84. The molecule has 0 spiro atoms. The Morgan fingerprint density at radius 1 is 1.13 bits per heavy atom. The van der Waals surface area contributed by atoms with Crippen molar-refractivity contribution in [3.05, 3.63) is 29.8 Å². The van der Waals surface area contributed by atoms with Crippen molar-refractivity contribution in [2.45, 2.75) is 38.6 Å². The number of piperidine rings is 2. The smallest absolute Gasteiger partial charge is 0.211 e. The van der Waals surface area contributed by atoms with Crippen LogP contribution in [0.1, 0.15) is 31.2 Å². The number of anilines is 1. The first-order valence-corrected chi connectivity index (χ1v) is 12.4. The fourth-order valence-electron chi connectivity index (χ4n) is 4.16. The number of guanidine groups is 1. The predicted molar refractivity (Wildman–Crippen MR) is 135 cm³/mol. The van der Waals surface area contributed by atoms with Crippen molar-refractivity contribution >= 4 is 45.6 Å². The van der Waals surface area contributed by atoms with Crippen LogP contribution < -0.4 is 15.5 Å². The highest BCUT2D eigenvalue weighted by Crippen LogP contribution is 2.21. The Balaban J connectivity index is 0.00000320. The molecule has 2 fully saturated rings. The van der Waals surface area contributed by atoms with Crippen molar-refractivity contribution in [3.63, 3.8) is 0 Å². The van der Waals surface area contributed by atoms with Crippen LogP contribution in [0.15, 0.2) is 29.3 Å². The number of halogens is 1. The van der Waals surface area contributed by atoms with Gasteiger partial charge < -0.3 is 15.5 Å². The maximum Gasteiger partial charge on any atom is 0.211 e. The van der Waals surface area contributed by atoms with Crippen molar-refractivity contribution < 1.29 is 8.42 Å². The van der Waals surface area contributed by atoms with Gasteiger partial charge in [0.25, 0.3) is 0 Å². The minimum atomic E-state index is -3.06. The lowest BCUT2D eigenvalue weighted by Crippen LogP contribution is -2.52. The van der Waals surface area contributed by atoms with E-state index < -0.39 is 10.0 Å². The lowest BCUT2D eigenvalue weighted by Gasteiger charge is -2.36. The number of hydrogen-bond donors (Lipinski definition) is 2. The van der Waals surface area contributed by atoms with E-state index in [0.29, 0.717) is 25.0 Å². The number of benzene rings is 1. The fraction of sp³-hybridized carbons (Fsp3) is 0.667. The van der Waals surface area contributed by atoms with Gasteiger partial charge >= 0.3 is 0 Å². The summed E-state index contributed by atoms with van der Waals surface area (Å²) in [6, 6.07) is 9.11. The zero-order chi connectivity index (χ0) is 20.9. The van der Waals surface area contributed by atoms with Gasteiger partial charge in [-0.25, -0.2) is 12.7 Å². The first-order valence-electron chi connectivity index (χ1n) is 10.6. The molecule has 2 N–H and O–H groups in total. The van der Waals surface area contributed by atoms with Gasteiger partial charge in [0.15, 0.2) is 5.96 Å². The highest BCUT2D eigenvalue weighted by molar-refractivity contribution is 14.0. The Labute approximate surface area is 198 Å². The fourth-order valence-corrected chi connectivity index (χ4v) is 5.03. The lowest BCUT2D eigenvalue weighted by atomic mass is 9.98. The molecule has 0 amide bonds. The van der Waals surface area contributed by atoms with Gasteiger partial charge in [-0.05, 0) is 50.7 Å². The average Bonchev–Trinajstić information content (AvgIpc) is 2.71. The molecule has 0 saturated carbocycles. The van der Waals surface area contributed by atoms with Gasteiger partial charge in [-0.15, -0.1) is 24.0 Å². The molecule has 1 aromatic rings. The standard InChI is InChI=1S/C21H35N5O2S.HI/c1-17-6-8-20(9-7-17)25-12-4-5-19(16-25)24-21(22-2)23-15-18-10-13-26(14-11-18)29(3,27)28;/h6-9,18-19H,4-5,10-16H2,1-3H3,(H2,22,23,24);1H. The molecule has 1 aromatic carbocycles. The maximum absolute atomic E-state index is 11.6. The molecule has 2 saturated heterocycles. The number of rotatable bonds is 5. The summed E-state index contributed by atoms with van der Waals surface area (Å²) in [6.45, 7) is 6.23. The van der Waals surface area contributed by atoms with E-state index in [-0.39, 0.29) is 24.0 Å². The topological polar surface area (TPSA) is 77.0 Å². The van der Waals surface area contributed by atoms with Crippen LogP contribution in [0.5, 0.6) is 0 Å². The molecule has 2 aliphatic rings. The third-order valence-corrected chi connectivity index (χ3v) is 7.29. The van der Waals surface area contributed by atoms with Gasteiger partial charge in [0.1, 0.15) is 0 Å². The third-order valence-electron chi connectivity index (χ3n) is 5.99. The Morgan fingerprint density at radius 3 is 2.40 bits per heavy atom. The zero-order valence-corrected chi connectivity index (χ0v) is 21.4. The zero-order valence-electron chi connectivity index (χ0n) is 18.3. The summed E-state index contributed by atoms with van der Waals surface area (Å²) in [5.74, 6) is 1.31. The molecule has 9 heteroatoms. The van der Waals surface area contributed by atoms with Gasteiger partial charge in [-0.1, -0.05) is 17.7 Å². The first-order chi connectivity index (χ1) is 13.8. The number of nitrogens with zero attached hydrogens (tertiary/aromatic N) is 3. The van der Waals surface area contributed by atoms with E-state index >= 15 is 0 Å². The van der Waals surface area contributed by atoms with Gasteiger partial charge in [0.05, 0.1) is 6.26 Å². The number of nitrogens with one attached hydrogen (secondary N) is 2.